The van der Waals surface area contributed by atoms with Crippen molar-refractivity contribution in [1.29, 1.82) is 0 Å². The number of fused-ring (bicyclic) bond motifs is 3. The fourth-order valence-electron chi connectivity index (χ4n) is 21.1. The van der Waals surface area contributed by atoms with E-state index in [1.807, 2.05) is 168 Å². The highest BCUT2D eigenvalue weighted by Crippen LogP contribution is 2.40. The molecule has 8 aliphatic rings. The largest absolute Gasteiger partial charge is 0.478 e. The summed E-state index contributed by atoms with van der Waals surface area (Å²) in [6.07, 6.45) is 27.4. The summed E-state index contributed by atoms with van der Waals surface area (Å²) in [5.41, 5.74) is 19.4. The minimum absolute atomic E-state index is 0.0288. The number of carbonyl (C=O) groups is 7. The zero-order chi connectivity index (χ0) is 101. The molecule has 10 aromatic rings. The van der Waals surface area contributed by atoms with E-state index in [0.29, 0.717) is 101 Å². The molecule has 0 saturated carbocycles. The second kappa shape index (κ2) is 45.4. The molecule has 18 rings (SSSR count). The van der Waals surface area contributed by atoms with Crippen molar-refractivity contribution < 1.29 is 62.4 Å². The first-order valence-corrected chi connectivity index (χ1v) is 50.7. The summed E-state index contributed by atoms with van der Waals surface area (Å²) < 4.78 is 40.6. The van der Waals surface area contributed by atoms with Gasteiger partial charge in [-0.25, -0.2) is 19.2 Å². The molecule has 8 aliphatic heterocycles. The Bertz CT molecular complexity index is 6340. The molecule has 18 heterocycles. The summed E-state index contributed by atoms with van der Waals surface area (Å²) in [5, 5.41) is 39.5. The van der Waals surface area contributed by atoms with Gasteiger partial charge in [-0.3, -0.25) is 52.7 Å². The number of carboxylic acid groups (broad SMARTS) is 1. The highest BCUT2D eigenvalue weighted by atomic mass is 35.5. The molecular weight excluding hydrogens is 1830 g/mol. The average molecular weight is 1970 g/mol. The molecule has 6 saturated heterocycles. The molecule has 6 amide bonds. The van der Waals surface area contributed by atoms with Gasteiger partial charge in [-0.05, 0) is 251 Å². The Labute approximate surface area is 836 Å². The summed E-state index contributed by atoms with van der Waals surface area (Å²) in [4.78, 5) is 117. The van der Waals surface area contributed by atoms with Crippen molar-refractivity contribution in [2.24, 2.45) is 23.7 Å². The maximum Gasteiger partial charge on any atom is 0.410 e. The van der Waals surface area contributed by atoms with Gasteiger partial charge in [-0.15, -0.1) is 0 Å². The average Bonchev–Trinajstić information content (AvgIpc) is 1.60. The van der Waals surface area contributed by atoms with Crippen LogP contribution in [0, 0.1) is 58.3 Å². The fraction of sp³-hybridized carbons (Fsp3) is 0.538. The number of ether oxygens (including phenoxy) is 5. The zero-order valence-corrected chi connectivity index (χ0v) is 86.4. The molecule has 7 atom stereocenters. The van der Waals surface area contributed by atoms with Crippen molar-refractivity contribution in [3.63, 3.8) is 0 Å². The van der Waals surface area contributed by atoms with E-state index < -0.39 is 17.2 Å². The lowest BCUT2D eigenvalue weighted by Gasteiger charge is -2.34. The van der Waals surface area contributed by atoms with Gasteiger partial charge in [0.15, 0.2) is 0 Å². The number of nitrogens with zero attached hydrogens (tertiary/aromatic N) is 14. The Hall–Kier alpha value is -11.8. The van der Waals surface area contributed by atoms with E-state index >= 15 is 0 Å². The third kappa shape index (κ3) is 24.6. The van der Waals surface area contributed by atoms with Crippen LogP contribution in [-0.2, 0) is 39.8 Å². The Morgan fingerprint density at radius 1 is 0.472 bits per heavy atom. The highest BCUT2D eigenvalue weighted by molar-refractivity contribution is 6.13. The number of hydrogen-bond donors (Lipinski definition) is 8. The monoisotopic (exact) mass is 1970 g/mol. The number of aromatic amines is 1. The number of morpholine rings is 3. The van der Waals surface area contributed by atoms with Crippen molar-refractivity contribution >= 4 is 70.1 Å². The number of likely N-dealkylation sites (tertiary alicyclic amines) is 2. The molecule has 0 spiro atoms. The van der Waals surface area contributed by atoms with Gasteiger partial charge in [0.05, 0.1) is 93.8 Å². The second-order valence-electron chi connectivity index (χ2n) is 41.3. The third-order valence-corrected chi connectivity index (χ3v) is 29.2. The van der Waals surface area contributed by atoms with E-state index in [4.69, 9.17) is 45.7 Å². The maximum absolute atomic E-state index is 13.8. The van der Waals surface area contributed by atoms with Crippen LogP contribution in [0.3, 0.4) is 0 Å². The number of carboxylic acids is 1. The van der Waals surface area contributed by atoms with Crippen molar-refractivity contribution in [3.8, 4) is 33.4 Å². The first kappa shape index (κ1) is 105. The molecule has 36 heteroatoms. The van der Waals surface area contributed by atoms with E-state index in [0.717, 1.165) is 197 Å². The number of allylic oxidation sites excluding steroid dienone is 4. The van der Waals surface area contributed by atoms with Crippen LogP contribution in [0.5, 0.6) is 0 Å². The lowest BCUT2D eigenvalue weighted by Crippen LogP contribution is -2.44. The van der Waals surface area contributed by atoms with Gasteiger partial charge in [-0.1, -0.05) is 26.0 Å². The summed E-state index contributed by atoms with van der Waals surface area (Å²) >= 11 is 5.32. The minimum atomic E-state index is -0.918. The number of halogens is 1. The number of H-pyrrole nitrogens is 1. The molecule has 35 nitrogen and oxygen atoms in total. The van der Waals surface area contributed by atoms with Gasteiger partial charge < -0.3 is 83.4 Å². The predicted molar refractivity (Wildman–Crippen MR) is 546 cm³/mol. The lowest BCUT2D eigenvalue weighted by molar-refractivity contribution is -0.126. The molecule has 0 aromatic carbocycles. The van der Waals surface area contributed by atoms with Crippen LogP contribution in [0.1, 0.15) is 246 Å². The van der Waals surface area contributed by atoms with Crippen molar-refractivity contribution in [2.45, 2.75) is 217 Å². The van der Waals surface area contributed by atoms with Crippen molar-refractivity contribution in [1.82, 2.24) is 103 Å². The number of aromatic carboxylic acids is 1. The number of amides is 6. The number of pyridine rings is 4. The normalized spacial score (nSPS) is 20.2. The van der Waals surface area contributed by atoms with E-state index in [1.54, 1.807) is 15.9 Å². The number of piperidine rings is 3. The Morgan fingerprint density at radius 3 is 1.13 bits per heavy atom. The van der Waals surface area contributed by atoms with Crippen molar-refractivity contribution in [3.05, 3.63) is 199 Å². The topological polar surface area (TPSA) is 374 Å². The van der Waals surface area contributed by atoms with Gasteiger partial charge in [0, 0.05) is 241 Å². The summed E-state index contributed by atoms with van der Waals surface area (Å²) in [6.45, 7) is 49.9. The summed E-state index contributed by atoms with van der Waals surface area (Å²) in [5.74, 6) is -1.91. The van der Waals surface area contributed by atoms with E-state index in [2.05, 4.69) is 144 Å². The molecule has 7 unspecified atom stereocenters. The van der Waals surface area contributed by atoms with Gasteiger partial charge >= 0.3 is 18.2 Å². The number of aromatic nitrogens is 10. The van der Waals surface area contributed by atoms with Crippen LogP contribution < -0.4 is 37.0 Å². The van der Waals surface area contributed by atoms with E-state index in [9.17, 15) is 43.5 Å². The third-order valence-electron chi connectivity index (χ3n) is 29.0. The summed E-state index contributed by atoms with van der Waals surface area (Å²) in [6, 6.07) is 14.9. The molecular formula is C106H144ClN21O14. The molecule has 0 bridgehead atoms. The van der Waals surface area contributed by atoms with Crippen molar-refractivity contribution in [2.75, 3.05) is 131 Å². The molecule has 10 aromatic heterocycles. The summed E-state index contributed by atoms with van der Waals surface area (Å²) in [7, 11) is 0. The first-order valence-electron chi connectivity index (χ1n) is 50.3. The molecule has 0 radical (unpaired) electrons. The number of hydrogen-bond acceptors (Lipinski definition) is 21. The number of carbonyl (C=O) groups excluding carboxylic acids is 6. The number of aryl methyl sites for hydroxylation is 2. The number of nitrogens with one attached hydrogen (secondary N) is 7. The standard InChI is InChI=1S/C37H51N7O5.C32H43N7O3.C29H39N5O5.C8H11ClN2O/c1-23-16-24(2)40-35(46)32(23)20-38-34(45)31-18-30-17-27(21-43(30)33(25(31)3)26(4)41-12-14-48-15-13-41)28-19-39-44(22-28)29-8-10-42(11-9-29)36(47)49-37(5,6)7;1-20-13-21(2)36-32(41)29(20)17-34-31(40)28-15-27-14-24(25-16-35-39(19-25)26-5-7-33-8-6-26)18-38(27)30(22(28)3)23(4)37-9-11-42-12-10-37;1-19-25(27(35)36)15-24-14-21(17-33(24)26(19)20(2)31-10-12-38-13-11-31)22-16-30-34(18-22)23-6-8-32(9-7-23)28(37)39-29(3,4)5;1-5-3-6(2)11-8(12)7(5)4-10-9/h16-19,21-23,26,29,32H,8-15,20H2,1-7H3,(H,38,45)(H,40,46);13-16,18-20,23,26,29,33H,5-12,17H2,1-4H3,(H,34,40)(H,36,41);14-18,20,23H,6-13H2,1-5H3,(H,35,36);3,10H,4H2,1-2H3,(H,11,12). The lowest BCUT2D eigenvalue weighted by atomic mass is 9.89. The minimum Gasteiger partial charge on any atom is -0.478 e. The molecule has 142 heavy (non-hydrogen) atoms. The highest BCUT2D eigenvalue weighted by Gasteiger charge is 2.37. The SMILES string of the molecule is CC1=CC(C)C(CNC(=O)c2cc3cc(-c4cnn(C5CCN(C(=O)OC(C)(C)C)CC5)c4)cn3c(C(C)N3CCOCC3)c2C)C(=O)N1.CC1=CC(C)C(CNC(=O)c2cc3cc(-c4cnn(C5CCNCC5)c4)cn3c(C(C)N3CCOCC3)c2C)C(=O)N1.Cc1c(C(=O)O)cc2cc(-c3cnn(C4CCN(C(=O)OC(C)(C)C)CC4)c3)cn2c1C(C)N1CCOCC1.Cc1cc(C)c(CNCl)c(=O)[nH]1. The maximum atomic E-state index is 13.8. The Morgan fingerprint density at radius 2 is 0.810 bits per heavy atom. The van der Waals surface area contributed by atoms with Crippen LogP contribution in [0.4, 0.5) is 9.59 Å². The van der Waals surface area contributed by atoms with Crippen LogP contribution in [0.25, 0.3) is 49.9 Å². The zero-order valence-electron chi connectivity index (χ0n) is 85.7. The predicted octanol–water partition coefficient (Wildman–Crippen LogP) is 14.5. The quantitative estimate of drug-likeness (QED) is 0.0310. The van der Waals surface area contributed by atoms with Crippen LogP contribution in [-0.4, -0.2) is 261 Å². The van der Waals surface area contributed by atoms with Crippen LogP contribution in [0.15, 0.2) is 127 Å². The van der Waals surface area contributed by atoms with E-state index in [1.165, 1.54) is 0 Å². The molecule has 6 fully saturated rings. The van der Waals surface area contributed by atoms with Gasteiger partial charge in [0.25, 0.3) is 17.4 Å². The molecule has 764 valence electrons. The number of rotatable bonds is 21. The van der Waals surface area contributed by atoms with E-state index in [-0.39, 0.29) is 108 Å². The van der Waals surface area contributed by atoms with Crippen LogP contribution in [0.2, 0.25) is 0 Å². The van der Waals surface area contributed by atoms with Crippen LogP contribution >= 0.6 is 11.8 Å². The van der Waals surface area contributed by atoms with Gasteiger partial charge in [0.2, 0.25) is 11.8 Å². The Kier molecular flexibility index (Phi) is 33.4. The fourth-order valence-corrected chi connectivity index (χ4v) is 21.3. The van der Waals surface area contributed by atoms with Gasteiger partial charge in [-0.2, -0.15) is 15.3 Å². The van der Waals surface area contributed by atoms with Gasteiger partial charge in [0.1, 0.15) is 11.2 Å². The second-order valence-corrected chi connectivity index (χ2v) is 41.6. The Balaban J connectivity index is 0.000000152. The molecule has 0 aliphatic carbocycles. The first-order chi connectivity index (χ1) is 67.7. The smallest absolute Gasteiger partial charge is 0.410 e. The molecule has 8 N–H and O–H groups in total.